The number of amides is 2. The first kappa shape index (κ1) is 20.8. The number of aryl methyl sites for hydroxylation is 2. The Bertz CT molecular complexity index is 909. The van der Waals surface area contributed by atoms with Gasteiger partial charge in [0.1, 0.15) is 5.76 Å². The molecular weight excluding hydrogens is 384 g/mol. The van der Waals surface area contributed by atoms with Crippen LogP contribution in [-0.4, -0.2) is 41.6 Å². The fourth-order valence-corrected chi connectivity index (χ4v) is 3.42. The van der Waals surface area contributed by atoms with Crippen molar-refractivity contribution in [3.63, 3.8) is 0 Å². The van der Waals surface area contributed by atoms with E-state index in [4.69, 9.17) is 4.52 Å². The molecule has 1 N–H and O–H groups in total. The van der Waals surface area contributed by atoms with E-state index in [1.54, 1.807) is 11.8 Å². The van der Waals surface area contributed by atoms with E-state index in [0.29, 0.717) is 31.7 Å². The van der Waals surface area contributed by atoms with Gasteiger partial charge in [-0.2, -0.15) is 0 Å². The molecule has 3 rings (SSSR count). The van der Waals surface area contributed by atoms with Crippen molar-refractivity contribution in [3.8, 4) is 5.75 Å². The minimum atomic E-state index is -1.05. The summed E-state index contributed by atoms with van der Waals surface area (Å²) in [7, 11) is 1.13. The molecular formula is C20H23F2N3O4. The summed E-state index contributed by atoms with van der Waals surface area (Å²) in [6.45, 7) is 4.45. The first-order chi connectivity index (χ1) is 13.8. The zero-order valence-electron chi connectivity index (χ0n) is 16.6. The Balaban J connectivity index is 1.66. The zero-order chi connectivity index (χ0) is 21.1. The lowest BCUT2D eigenvalue weighted by molar-refractivity contribution is -0.131. The molecule has 2 heterocycles. The molecule has 156 valence electrons. The first-order valence-corrected chi connectivity index (χ1v) is 9.34. The molecule has 1 aromatic carbocycles. The number of aromatic nitrogens is 1. The molecule has 1 atom stereocenters. The van der Waals surface area contributed by atoms with Crippen LogP contribution in [0.15, 0.2) is 16.7 Å². The lowest BCUT2D eigenvalue weighted by atomic mass is 10.1. The number of carbonyl (C=O) groups excluding carboxylic acids is 2. The summed E-state index contributed by atoms with van der Waals surface area (Å²) in [6.07, 6.45) is 1.20. The molecule has 0 spiro atoms. The summed E-state index contributed by atoms with van der Waals surface area (Å²) in [5.41, 5.74) is 1.32. The van der Waals surface area contributed by atoms with Gasteiger partial charge in [-0.15, -0.1) is 0 Å². The molecule has 7 nitrogen and oxygen atoms in total. The number of methoxy groups -OCH3 is 1. The van der Waals surface area contributed by atoms with Crippen molar-refractivity contribution in [2.24, 2.45) is 0 Å². The number of carbonyl (C=O) groups is 2. The van der Waals surface area contributed by atoms with Gasteiger partial charge in [0, 0.05) is 24.6 Å². The van der Waals surface area contributed by atoms with Crippen LogP contribution >= 0.6 is 0 Å². The smallest absolute Gasteiger partial charge is 0.254 e. The van der Waals surface area contributed by atoms with E-state index < -0.39 is 23.3 Å². The molecule has 1 unspecified atom stereocenters. The third-order valence-electron chi connectivity index (χ3n) is 5.17. The molecule has 0 saturated carbocycles. The molecule has 2 aromatic rings. The van der Waals surface area contributed by atoms with Crippen molar-refractivity contribution in [2.45, 2.75) is 45.7 Å². The number of ether oxygens (including phenoxy) is 1. The molecule has 0 aliphatic carbocycles. The van der Waals surface area contributed by atoms with E-state index in [9.17, 15) is 18.4 Å². The Hall–Kier alpha value is -2.97. The Morgan fingerprint density at radius 2 is 2.10 bits per heavy atom. The van der Waals surface area contributed by atoms with E-state index in [0.717, 1.165) is 30.5 Å². The zero-order valence-corrected chi connectivity index (χ0v) is 16.6. The summed E-state index contributed by atoms with van der Waals surface area (Å²) < 4.78 is 37.7. The second kappa shape index (κ2) is 8.59. The number of benzene rings is 1. The minimum Gasteiger partial charge on any atom is -0.491 e. The molecule has 0 bridgehead atoms. The number of likely N-dealkylation sites (tertiary alicyclic amines) is 1. The highest BCUT2D eigenvalue weighted by Crippen LogP contribution is 2.25. The molecule has 9 heteroatoms. The average Bonchev–Trinajstić information content (AvgIpc) is 2.89. The topological polar surface area (TPSA) is 84.7 Å². The maximum Gasteiger partial charge on any atom is 0.254 e. The summed E-state index contributed by atoms with van der Waals surface area (Å²) in [5, 5.41) is 6.65. The Kier molecular flexibility index (Phi) is 6.14. The second-order valence-corrected chi connectivity index (χ2v) is 7.06. The summed E-state index contributed by atoms with van der Waals surface area (Å²) in [6, 6.07) is 1.75. The van der Waals surface area contributed by atoms with Crippen LogP contribution in [0.25, 0.3) is 0 Å². The second-order valence-electron chi connectivity index (χ2n) is 7.06. The number of nitrogens with zero attached hydrogens (tertiary/aromatic N) is 2. The predicted molar refractivity (Wildman–Crippen MR) is 99.4 cm³/mol. The van der Waals surface area contributed by atoms with E-state index in [2.05, 4.69) is 15.2 Å². The molecule has 1 saturated heterocycles. The van der Waals surface area contributed by atoms with Crippen LogP contribution < -0.4 is 10.1 Å². The molecule has 1 aliphatic rings. The van der Waals surface area contributed by atoms with Gasteiger partial charge in [0.15, 0.2) is 17.4 Å². The molecule has 1 aromatic heterocycles. The number of hydrogen-bond acceptors (Lipinski definition) is 5. The van der Waals surface area contributed by atoms with Gasteiger partial charge in [0.25, 0.3) is 5.91 Å². The number of halogens is 2. The van der Waals surface area contributed by atoms with E-state index in [-0.39, 0.29) is 23.9 Å². The highest BCUT2D eigenvalue weighted by molar-refractivity contribution is 5.95. The fraction of sp³-hybridized carbons (Fsp3) is 0.450. The van der Waals surface area contributed by atoms with Gasteiger partial charge in [-0.3, -0.25) is 9.59 Å². The van der Waals surface area contributed by atoms with Gasteiger partial charge in [0.05, 0.1) is 24.9 Å². The van der Waals surface area contributed by atoms with Gasteiger partial charge in [-0.25, -0.2) is 8.78 Å². The third kappa shape index (κ3) is 4.38. The van der Waals surface area contributed by atoms with Crippen LogP contribution in [0.4, 0.5) is 8.78 Å². The quantitative estimate of drug-likeness (QED) is 0.824. The largest absolute Gasteiger partial charge is 0.491 e. The SMILES string of the molecule is COc1c(F)ccc(C(=O)NC2CCC(=O)N(Cc3c(C)noc3C)CC2)c1F. The number of rotatable bonds is 5. The van der Waals surface area contributed by atoms with Gasteiger partial charge in [-0.1, -0.05) is 5.16 Å². The van der Waals surface area contributed by atoms with E-state index >= 15 is 0 Å². The number of nitrogens with one attached hydrogen (secondary N) is 1. The fourth-order valence-electron chi connectivity index (χ4n) is 3.42. The lowest BCUT2D eigenvalue weighted by Crippen LogP contribution is -2.36. The lowest BCUT2D eigenvalue weighted by Gasteiger charge is -2.21. The van der Waals surface area contributed by atoms with Crippen LogP contribution in [0.2, 0.25) is 0 Å². The Labute approximate surface area is 167 Å². The highest BCUT2D eigenvalue weighted by atomic mass is 19.1. The molecule has 2 amide bonds. The molecule has 0 radical (unpaired) electrons. The maximum absolute atomic E-state index is 14.3. The predicted octanol–water partition coefficient (Wildman–Crippen LogP) is 2.89. The van der Waals surface area contributed by atoms with Crippen molar-refractivity contribution in [3.05, 3.63) is 46.3 Å². The van der Waals surface area contributed by atoms with Gasteiger partial charge in [0.2, 0.25) is 5.91 Å². The maximum atomic E-state index is 14.3. The van der Waals surface area contributed by atoms with Gasteiger partial charge >= 0.3 is 0 Å². The van der Waals surface area contributed by atoms with Crippen molar-refractivity contribution in [1.29, 1.82) is 0 Å². The summed E-state index contributed by atoms with van der Waals surface area (Å²) >= 11 is 0. The van der Waals surface area contributed by atoms with Gasteiger partial charge < -0.3 is 19.5 Å². The van der Waals surface area contributed by atoms with Crippen LogP contribution in [0.1, 0.15) is 46.6 Å². The first-order valence-electron chi connectivity index (χ1n) is 9.34. The van der Waals surface area contributed by atoms with Crippen LogP contribution in [0.3, 0.4) is 0 Å². The molecule has 29 heavy (non-hydrogen) atoms. The highest BCUT2D eigenvalue weighted by Gasteiger charge is 2.27. The normalized spacial score (nSPS) is 17.2. The number of hydrogen-bond donors (Lipinski definition) is 1. The van der Waals surface area contributed by atoms with Crippen molar-refractivity contribution < 1.29 is 27.6 Å². The van der Waals surface area contributed by atoms with Crippen LogP contribution in [0.5, 0.6) is 5.75 Å². The summed E-state index contributed by atoms with van der Waals surface area (Å²) in [4.78, 5) is 26.7. The molecule has 1 aliphatic heterocycles. The monoisotopic (exact) mass is 407 g/mol. The van der Waals surface area contributed by atoms with Crippen molar-refractivity contribution in [1.82, 2.24) is 15.4 Å². The average molecular weight is 407 g/mol. The third-order valence-corrected chi connectivity index (χ3v) is 5.17. The Morgan fingerprint density at radius 1 is 1.34 bits per heavy atom. The Morgan fingerprint density at radius 3 is 2.76 bits per heavy atom. The summed E-state index contributed by atoms with van der Waals surface area (Å²) in [5.74, 6) is -2.55. The van der Waals surface area contributed by atoms with Gasteiger partial charge in [-0.05, 0) is 38.8 Å². The van der Waals surface area contributed by atoms with Crippen LogP contribution in [0, 0.1) is 25.5 Å². The standard InChI is InChI=1S/C20H23F2N3O4/c1-11-15(12(2)29-24-11)10-25-9-8-13(4-7-17(25)26)23-20(27)14-5-6-16(21)19(28-3)18(14)22/h5-6,13H,4,7-10H2,1-3H3,(H,23,27). The van der Waals surface area contributed by atoms with Crippen LogP contribution in [-0.2, 0) is 11.3 Å². The van der Waals surface area contributed by atoms with E-state index in [1.165, 1.54) is 0 Å². The molecule has 1 fully saturated rings. The van der Waals surface area contributed by atoms with Crippen molar-refractivity contribution >= 4 is 11.8 Å². The van der Waals surface area contributed by atoms with Crippen molar-refractivity contribution in [2.75, 3.05) is 13.7 Å². The minimum absolute atomic E-state index is 0.0311. The van der Waals surface area contributed by atoms with E-state index in [1.807, 2.05) is 6.92 Å².